The molecule has 0 spiro atoms. The standard InChI is InChI=1S/C21H24N2O/c1-6-16(19-14(3)11-13(2)12-15(19)4)20-21(24)23(5)18-10-8-7-9-17(18)22-20/h7-12,16H,6H2,1-5H3. The average molecular weight is 320 g/mol. The molecule has 1 atom stereocenters. The largest absolute Gasteiger partial charge is 0.308 e. The molecule has 0 fully saturated rings. The van der Waals surface area contributed by atoms with Crippen molar-refractivity contribution in [2.24, 2.45) is 7.05 Å². The van der Waals surface area contributed by atoms with E-state index in [9.17, 15) is 4.79 Å². The highest BCUT2D eigenvalue weighted by atomic mass is 16.1. The average Bonchev–Trinajstić information content (AvgIpc) is 2.54. The maximum absolute atomic E-state index is 12.9. The van der Waals surface area contributed by atoms with Crippen molar-refractivity contribution in [3.05, 3.63) is 74.7 Å². The first kappa shape index (κ1) is 16.4. The van der Waals surface area contributed by atoms with Gasteiger partial charge in [-0.2, -0.15) is 0 Å². The van der Waals surface area contributed by atoms with Gasteiger partial charge in [0.2, 0.25) is 0 Å². The van der Waals surface area contributed by atoms with Crippen molar-refractivity contribution in [1.29, 1.82) is 0 Å². The molecule has 3 rings (SSSR count). The molecule has 124 valence electrons. The van der Waals surface area contributed by atoms with Gasteiger partial charge in [0.15, 0.2) is 0 Å². The van der Waals surface area contributed by atoms with Crippen molar-refractivity contribution in [1.82, 2.24) is 9.55 Å². The fourth-order valence-corrected chi connectivity index (χ4v) is 3.80. The molecule has 0 radical (unpaired) electrons. The van der Waals surface area contributed by atoms with Crippen LogP contribution in [0.15, 0.2) is 41.2 Å². The zero-order valence-electron chi connectivity index (χ0n) is 15.1. The quantitative estimate of drug-likeness (QED) is 0.717. The number of aromatic nitrogens is 2. The van der Waals surface area contributed by atoms with Crippen LogP contribution in [0.2, 0.25) is 0 Å². The summed E-state index contributed by atoms with van der Waals surface area (Å²) in [5.41, 5.74) is 7.35. The summed E-state index contributed by atoms with van der Waals surface area (Å²) in [6, 6.07) is 12.2. The molecule has 24 heavy (non-hydrogen) atoms. The Morgan fingerprint density at radius 3 is 2.33 bits per heavy atom. The summed E-state index contributed by atoms with van der Waals surface area (Å²) in [7, 11) is 1.83. The fourth-order valence-electron chi connectivity index (χ4n) is 3.80. The second-order valence-corrected chi connectivity index (χ2v) is 6.62. The molecule has 1 aromatic heterocycles. The number of fused-ring (bicyclic) bond motifs is 1. The molecule has 0 aliphatic heterocycles. The van der Waals surface area contributed by atoms with Crippen molar-refractivity contribution < 1.29 is 0 Å². The number of hydrogen-bond acceptors (Lipinski definition) is 2. The van der Waals surface area contributed by atoms with E-state index in [1.54, 1.807) is 4.57 Å². The van der Waals surface area contributed by atoms with Crippen LogP contribution in [0.4, 0.5) is 0 Å². The van der Waals surface area contributed by atoms with Gasteiger partial charge in [-0.05, 0) is 56.0 Å². The van der Waals surface area contributed by atoms with Crippen LogP contribution in [-0.4, -0.2) is 9.55 Å². The summed E-state index contributed by atoms with van der Waals surface area (Å²) in [4.78, 5) is 17.7. The lowest BCUT2D eigenvalue weighted by Gasteiger charge is -2.21. The Hall–Kier alpha value is -2.42. The molecule has 2 aromatic carbocycles. The van der Waals surface area contributed by atoms with Crippen molar-refractivity contribution in [3.63, 3.8) is 0 Å². The first-order chi connectivity index (χ1) is 11.4. The molecule has 0 saturated carbocycles. The summed E-state index contributed by atoms with van der Waals surface area (Å²) in [5.74, 6) is 0.0221. The summed E-state index contributed by atoms with van der Waals surface area (Å²) in [5, 5.41) is 0. The van der Waals surface area contributed by atoms with E-state index in [0.29, 0.717) is 5.69 Å². The lowest BCUT2D eigenvalue weighted by Crippen LogP contribution is -2.26. The van der Waals surface area contributed by atoms with E-state index in [2.05, 4.69) is 39.8 Å². The summed E-state index contributed by atoms with van der Waals surface area (Å²) < 4.78 is 1.72. The monoisotopic (exact) mass is 320 g/mol. The molecule has 1 heterocycles. The third kappa shape index (κ3) is 2.64. The molecule has 0 amide bonds. The number of aryl methyl sites for hydroxylation is 4. The van der Waals surface area contributed by atoms with Crippen LogP contribution in [-0.2, 0) is 7.05 Å². The first-order valence-electron chi connectivity index (χ1n) is 8.47. The van der Waals surface area contributed by atoms with E-state index in [1.807, 2.05) is 31.3 Å². The molecular weight excluding hydrogens is 296 g/mol. The van der Waals surface area contributed by atoms with E-state index in [1.165, 1.54) is 22.3 Å². The molecular formula is C21H24N2O. The minimum atomic E-state index is -0.0000694. The number of hydrogen-bond donors (Lipinski definition) is 0. The molecule has 0 N–H and O–H groups in total. The third-order valence-corrected chi connectivity index (χ3v) is 4.83. The van der Waals surface area contributed by atoms with E-state index >= 15 is 0 Å². The first-order valence-corrected chi connectivity index (χ1v) is 8.47. The number of benzene rings is 2. The van der Waals surface area contributed by atoms with Gasteiger partial charge in [0, 0.05) is 13.0 Å². The summed E-state index contributed by atoms with van der Waals surface area (Å²) in [6.45, 7) is 8.49. The Morgan fingerprint density at radius 1 is 1.08 bits per heavy atom. The Bertz CT molecular complexity index is 946. The second-order valence-electron chi connectivity index (χ2n) is 6.62. The predicted molar refractivity (Wildman–Crippen MR) is 99.8 cm³/mol. The van der Waals surface area contributed by atoms with Crippen LogP contribution in [0.5, 0.6) is 0 Å². The van der Waals surface area contributed by atoms with E-state index in [4.69, 9.17) is 4.98 Å². The SMILES string of the molecule is CCC(c1c(C)cc(C)cc1C)c1nc2ccccc2n(C)c1=O. The zero-order chi connectivity index (χ0) is 17.4. The molecule has 0 bridgehead atoms. The van der Waals surface area contributed by atoms with Gasteiger partial charge in [-0.3, -0.25) is 4.79 Å². The Morgan fingerprint density at radius 2 is 1.71 bits per heavy atom. The number of para-hydroxylation sites is 2. The minimum Gasteiger partial charge on any atom is -0.308 e. The molecule has 3 heteroatoms. The maximum atomic E-state index is 12.9. The smallest absolute Gasteiger partial charge is 0.273 e. The van der Waals surface area contributed by atoms with Crippen molar-refractivity contribution in [2.45, 2.75) is 40.0 Å². The Balaban J connectivity index is 2.29. The molecule has 0 aliphatic rings. The van der Waals surface area contributed by atoms with Gasteiger partial charge >= 0.3 is 0 Å². The third-order valence-electron chi connectivity index (χ3n) is 4.83. The zero-order valence-corrected chi connectivity index (χ0v) is 15.1. The van der Waals surface area contributed by atoms with Crippen LogP contribution in [0.3, 0.4) is 0 Å². The predicted octanol–water partition coefficient (Wildman–Crippen LogP) is 4.40. The fraction of sp³-hybridized carbons (Fsp3) is 0.333. The molecule has 0 aliphatic carbocycles. The van der Waals surface area contributed by atoms with Crippen molar-refractivity contribution in [2.75, 3.05) is 0 Å². The van der Waals surface area contributed by atoms with Gasteiger partial charge < -0.3 is 4.57 Å². The van der Waals surface area contributed by atoms with Gasteiger partial charge in [0.1, 0.15) is 5.69 Å². The topological polar surface area (TPSA) is 34.9 Å². The van der Waals surface area contributed by atoms with Crippen LogP contribution in [0, 0.1) is 20.8 Å². The van der Waals surface area contributed by atoms with Crippen LogP contribution >= 0.6 is 0 Å². The summed E-state index contributed by atoms with van der Waals surface area (Å²) >= 11 is 0. The number of nitrogens with zero attached hydrogens (tertiary/aromatic N) is 2. The minimum absolute atomic E-state index is 0.0000694. The highest BCUT2D eigenvalue weighted by Crippen LogP contribution is 2.31. The normalized spacial score (nSPS) is 12.5. The van der Waals surface area contributed by atoms with Crippen LogP contribution < -0.4 is 5.56 Å². The lowest BCUT2D eigenvalue weighted by molar-refractivity contribution is 0.710. The highest BCUT2D eigenvalue weighted by Gasteiger charge is 2.22. The van der Waals surface area contributed by atoms with Crippen molar-refractivity contribution >= 4 is 11.0 Å². The highest BCUT2D eigenvalue weighted by molar-refractivity contribution is 5.74. The van der Waals surface area contributed by atoms with Gasteiger partial charge in [0.25, 0.3) is 5.56 Å². The van der Waals surface area contributed by atoms with Gasteiger partial charge in [-0.15, -0.1) is 0 Å². The van der Waals surface area contributed by atoms with Crippen LogP contribution in [0.1, 0.15) is 47.2 Å². The maximum Gasteiger partial charge on any atom is 0.273 e. The molecule has 3 aromatic rings. The van der Waals surface area contributed by atoms with E-state index in [0.717, 1.165) is 17.5 Å². The Labute approximate surface area is 143 Å². The van der Waals surface area contributed by atoms with Gasteiger partial charge in [0.05, 0.1) is 11.0 Å². The number of rotatable bonds is 3. The molecule has 1 unspecified atom stereocenters. The second kappa shape index (κ2) is 6.23. The van der Waals surface area contributed by atoms with Gasteiger partial charge in [-0.1, -0.05) is 36.8 Å². The van der Waals surface area contributed by atoms with E-state index in [-0.39, 0.29) is 11.5 Å². The van der Waals surface area contributed by atoms with Crippen molar-refractivity contribution in [3.8, 4) is 0 Å². The summed E-state index contributed by atoms with van der Waals surface area (Å²) in [6.07, 6.45) is 0.853. The lowest BCUT2D eigenvalue weighted by atomic mass is 9.85. The molecule has 3 nitrogen and oxygen atoms in total. The van der Waals surface area contributed by atoms with Crippen LogP contribution in [0.25, 0.3) is 11.0 Å². The van der Waals surface area contributed by atoms with E-state index < -0.39 is 0 Å². The molecule has 0 saturated heterocycles. The Kier molecular flexibility index (Phi) is 4.27. The van der Waals surface area contributed by atoms with Gasteiger partial charge in [-0.25, -0.2) is 4.98 Å².